The van der Waals surface area contributed by atoms with Crippen molar-refractivity contribution in [3.8, 4) is 0 Å². The van der Waals surface area contributed by atoms with Gasteiger partial charge in [-0.05, 0) is 112 Å². The van der Waals surface area contributed by atoms with Crippen LogP contribution in [0.2, 0.25) is 0 Å². The predicted molar refractivity (Wildman–Crippen MR) is 435 cm³/mol. The largest absolute Gasteiger partial charge is 0.463 e. The minimum Gasteiger partial charge on any atom is -0.463 e. The fourth-order valence-electron chi connectivity index (χ4n) is 14.1. The second kappa shape index (κ2) is 65.2. The molecule has 3 aliphatic rings. The highest BCUT2D eigenvalue weighted by Crippen LogP contribution is 2.39. The van der Waals surface area contributed by atoms with Gasteiger partial charge in [-0.3, -0.25) is 47.9 Å². The van der Waals surface area contributed by atoms with Crippen molar-refractivity contribution in [2.24, 2.45) is 64.3 Å². The number of unbranched alkanes of at least 4 members (excludes halogenated alkanes) is 7. The lowest BCUT2D eigenvalue weighted by Gasteiger charge is -2.43. The van der Waals surface area contributed by atoms with Crippen molar-refractivity contribution >= 4 is 58.6 Å². The summed E-state index contributed by atoms with van der Waals surface area (Å²) >= 11 is 0. The number of ketones is 5. The smallest absolute Gasteiger partial charge is 0.302 e. The molecule has 2 amide bonds. The number of ether oxygens (including phenoxy) is 16. The molecule has 0 bridgehead atoms. The Balaban J connectivity index is 1.54. The van der Waals surface area contributed by atoms with E-state index in [4.69, 9.17) is 81.3 Å². The maximum atomic E-state index is 13.8. The van der Waals surface area contributed by atoms with Crippen molar-refractivity contribution in [3.63, 3.8) is 0 Å². The number of nitrogens with one attached hydrogen (secondary N) is 2. The number of hydrogen-bond donors (Lipinski definition) is 2. The van der Waals surface area contributed by atoms with Gasteiger partial charge in [-0.2, -0.15) is 0 Å². The number of esters is 3. The summed E-state index contributed by atoms with van der Waals surface area (Å²) < 4.78 is 93.5. The van der Waals surface area contributed by atoms with Gasteiger partial charge in [-0.1, -0.05) is 80.3 Å². The van der Waals surface area contributed by atoms with E-state index in [2.05, 4.69) is 83.0 Å². The Bertz CT molecular complexity index is 2840. The number of hydrogen-bond acceptors (Lipinski definition) is 27. The highest BCUT2D eigenvalue weighted by molar-refractivity contribution is 5.80. The molecule has 0 spiro atoms. The molecule has 17 unspecified atom stereocenters. The van der Waals surface area contributed by atoms with Crippen LogP contribution in [0.3, 0.4) is 0 Å². The standard InChI is InChI=1S/C86H149N5O26/c1-60-63(4)78(57-112-69(10)92)115-84(66(60)7)109-40-22-19-30-73(95)26-15-13-17-28-75(97)33-44-106-55-72(54-77(99)34-43-102-48-50-104-52-53-105-51-49-103-47-39-90-91-87)81(108-46-35-76(98)29-18-14-16-27-74(96)31-20-23-41-110-85-67(8)61(2)64(5)79(116-85)58-113-70(11)93)56-107-45-36-83(101)89-38-25-37-88-82(100)32-21-24-42-111-86-68(9)62(3)65(6)80(117-86)59-114-71(12)94/h60-68,72,78-81,84-86H,13-59H2,1-12H3,(H,88,100)(H,89,101). The number of rotatable bonds is 72. The van der Waals surface area contributed by atoms with E-state index in [0.29, 0.717) is 206 Å². The predicted octanol–water partition coefficient (Wildman–Crippen LogP) is 11.9. The minimum absolute atomic E-state index is 0.0000941. The van der Waals surface area contributed by atoms with Gasteiger partial charge in [0.1, 0.15) is 48.7 Å². The number of amides is 2. The third kappa shape index (κ3) is 49.3. The van der Waals surface area contributed by atoms with E-state index in [-0.39, 0.29) is 230 Å². The summed E-state index contributed by atoms with van der Waals surface area (Å²) in [4.78, 5) is 129. The summed E-state index contributed by atoms with van der Waals surface area (Å²) in [7, 11) is 0. The zero-order valence-electron chi connectivity index (χ0n) is 73.0. The molecule has 0 aromatic carbocycles. The second-order valence-electron chi connectivity index (χ2n) is 32.0. The third-order valence-corrected chi connectivity index (χ3v) is 22.8. The second-order valence-corrected chi connectivity index (χ2v) is 32.0. The summed E-state index contributed by atoms with van der Waals surface area (Å²) in [5.41, 5.74) is 8.39. The van der Waals surface area contributed by atoms with E-state index in [1.54, 1.807) is 0 Å². The molecule has 0 saturated carbocycles. The Hall–Kier alpha value is -5.51. The summed E-state index contributed by atoms with van der Waals surface area (Å²) in [6.07, 6.45) is 8.50. The summed E-state index contributed by atoms with van der Waals surface area (Å²) in [6.45, 7) is 28.2. The summed E-state index contributed by atoms with van der Waals surface area (Å²) in [6, 6.07) is 0. The van der Waals surface area contributed by atoms with E-state index >= 15 is 0 Å². The van der Waals surface area contributed by atoms with Crippen molar-refractivity contribution < 1.29 is 124 Å². The monoisotopic (exact) mass is 1670 g/mol. The number of carbonyl (C=O) groups is 10. The first kappa shape index (κ1) is 106. The molecule has 3 aliphatic heterocycles. The van der Waals surface area contributed by atoms with Crippen LogP contribution in [0, 0.1) is 59.2 Å². The average Bonchev–Trinajstić information content (AvgIpc) is 0.829. The van der Waals surface area contributed by atoms with Crippen LogP contribution in [-0.4, -0.2) is 247 Å². The molecule has 674 valence electrons. The minimum atomic E-state index is -0.772. The molecule has 3 fully saturated rings. The van der Waals surface area contributed by atoms with E-state index in [1.807, 2.05) is 0 Å². The van der Waals surface area contributed by atoms with Crippen LogP contribution in [0.4, 0.5) is 0 Å². The normalized spacial score (nSPS) is 23.7. The van der Waals surface area contributed by atoms with Crippen molar-refractivity contribution in [1.82, 2.24) is 10.6 Å². The summed E-state index contributed by atoms with van der Waals surface area (Å²) in [5.74, 6) is 0.0216. The molecule has 0 radical (unpaired) electrons. The van der Waals surface area contributed by atoms with Crippen LogP contribution in [0.5, 0.6) is 0 Å². The topological polar surface area (TPSA) is 391 Å². The highest BCUT2D eigenvalue weighted by atomic mass is 16.7. The van der Waals surface area contributed by atoms with Gasteiger partial charge in [0.05, 0.1) is 110 Å². The van der Waals surface area contributed by atoms with Gasteiger partial charge >= 0.3 is 17.9 Å². The SMILES string of the molecule is CC(=O)OCC1OC(OCCCCC(=O)CCCCCC(=O)CCOCC(CC(=O)CCOCCOCCOCCOCCN=[N+]=[N-])C(COCCC(=O)NCCCNC(=O)CCCCOC2OC(COC(C)=O)C(C)C(C)C2C)OCCC(=O)CCCCCC(=O)CCCCOC2OC(COC(C)=O)C(C)C(C)C2C)C(C)C(C)C1C. The van der Waals surface area contributed by atoms with Crippen LogP contribution >= 0.6 is 0 Å². The third-order valence-electron chi connectivity index (χ3n) is 22.8. The van der Waals surface area contributed by atoms with Crippen LogP contribution in [0.1, 0.15) is 244 Å². The molecule has 31 nitrogen and oxygen atoms in total. The Morgan fingerprint density at radius 2 is 0.675 bits per heavy atom. The molecule has 0 aliphatic carbocycles. The average molecular weight is 1670 g/mol. The molecule has 3 saturated heterocycles. The lowest BCUT2D eigenvalue weighted by atomic mass is 9.79. The molecule has 3 heterocycles. The number of Topliss-reactive ketones (excluding diaryl/α,β-unsaturated/α-hetero) is 5. The Kier molecular flexibility index (Phi) is 58.9. The Morgan fingerprint density at radius 3 is 1.09 bits per heavy atom. The van der Waals surface area contributed by atoms with Crippen molar-refractivity contribution in [1.29, 1.82) is 0 Å². The van der Waals surface area contributed by atoms with E-state index < -0.39 is 30.9 Å². The number of carbonyl (C=O) groups excluding carboxylic acids is 10. The van der Waals surface area contributed by atoms with Gasteiger partial charge in [0, 0.05) is 166 Å². The van der Waals surface area contributed by atoms with Gasteiger partial charge in [0.2, 0.25) is 11.8 Å². The van der Waals surface area contributed by atoms with E-state index in [0.717, 1.165) is 0 Å². The zero-order chi connectivity index (χ0) is 86.0. The fraction of sp³-hybridized carbons (Fsp3) is 0.884. The first-order chi connectivity index (χ1) is 56.2. The highest BCUT2D eigenvalue weighted by Gasteiger charge is 2.43. The molecular formula is C86H149N5O26. The van der Waals surface area contributed by atoms with Gasteiger partial charge in [0.25, 0.3) is 0 Å². The van der Waals surface area contributed by atoms with Gasteiger partial charge in [0.15, 0.2) is 18.9 Å². The Morgan fingerprint density at radius 1 is 0.342 bits per heavy atom. The molecule has 17 atom stereocenters. The van der Waals surface area contributed by atoms with Gasteiger partial charge in [-0.15, -0.1) is 0 Å². The summed E-state index contributed by atoms with van der Waals surface area (Å²) in [5, 5.41) is 9.21. The van der Waals surface area contributed by atoms with Crippen LogP contribution in [-0.2, 0) is 124 Å². The van der Waals surface area contributed by atoms with Crippen molar-refractivity contribution in [2.45, 2.75) is 287 Å². The molecular weight excluding hydrogens is 1520 g/mol. The van der Waals surface area contributed by atoms with Crippen LogP contribution in [0.15, 0.2) is 5.11 Å². The van der Waals surface area contributed by atoms with Crippen LogP contribution in [0.25, 0.3) is 10.4 Å². The first-order valence-corrected chi connectivity index (χ1v) is 43.6. The molecule has 3 rings (SSSR count). The zero-order valence-corrected chi connectivity index (χ0v) is 73.0. The van der Waals surface area contributed by atoms with Gasteiger partial charge < -0.3 is 86.4 Å². The molecule has 0 aromatic rings. The maximum absolute atomic E-state index is 13.8. The van der Waals surface area contributed by atoms with Crippen molar-refractivity contribution in [3.05, 3.63) is 10.4 Å². The van der Waals surface area contributed by atoms with Gasteiger partial charge in [-0.25, -0.2) is 0 Å². The fourth-order valence-corrected chi connectivity index (χ4v) is 14.1. The Labute approximate surface area is 696 Å². The quantitative estimate of drug-likeness (QED) is 0.0143. The van der Waals surface area contributed by atoms with E-state index in [1.165, 1.54) is 20.8 Å². The number of azide groups is 1. The molecule has 2 N–H and O–H groups in total. The van der Waals surface area contributed by atoms with Crippen molar-refractivity contribution in [2.75, 3.05) is 145 Å². The van der Waals surface area contributed by atoms with Crippen LogP contribution < -0.4 is 10.6 Å². The first-order valence-electron chi connectivity index (χ1n) is 43.6. The molecule has 0 aromatic heterocycles. The lowest BCUT2D eigenvalue weighted by molar-refractivity contribution is -0.255. The molecule has 31 heteroatoms. The molecule has 117 heavy (non-hydrogen) atoms. The van der Waals surface area contributed by atoms with E-state index in [9.17, 15) is 47.9 Å². The maximum Gasteiger partial charge on any atom is 0.302 e. The lowest BCUT2D eigenvalue weighted by Crippen LogP contribution is -2.47. The number of nitrogens with zero attached hydrogens (tertiary/aromatic N) is 3.